The van der Waals surface area contributed by atoms with Crippen molar-refractivity contribution in [3.05, 3.63) is 40.0 Å². The van der Waals surface area contributed by atoms with Gasteiger partial charge in [-0.3, -0.25) is 4.79 Å². The van der Waals surface area contributed by atoms with Crippen LogP contribution < -0.4 is 5.32 Å². The molecule has 5 heteroatoms. The third kappa shape index (κ3) is 4.09. The molecule has 1 N–H and O–H groups in total. The maximum Gasteiger partial charge on any atom is 0.157 e. The lowest BCUT2D eigenvalue weighted by Crippen LogP contribution is -2.24. The number of nitrogens with one attached hydrogen (secondary N) is 1. The SMILES string of the molecule is CC1(C)CC(=O)C=C(Nc2ccc(Br)cc2C#N)C1.Cl. The largest absolute Gasteiger partial charge is 0.358 e. The molecular formula is C15H16BrClN2O. The number of halogens is 2. The van der Waals surface area contributed by atoms with Crippen LogP contribution in [0.3, 0.4) is 0 Å². The number of carbonyl (C=O) groups excluding carboxylic acids is 1. The standard InChI is InChI=1S/C15H15BrN2O.ClH/c1-15(2)7-12(6-13(19)8-15)18-14-4-3-11(16)5-10(14)9-17;/h3-6,18H,7-8H2,1-2H3;1H. The number of hydrogen-bond donors (Lipinski definition) is 1. The van der Waals surface area contributed by atoms with Gasteiger partial charge in [-0.1, -0.05) is 29.8 Å². The van der Waals surface area contributed by atoms with Crippen LogP contribution in [-0.4, -0.2) is 5.78 Å². The number of allylic oxidation sites excluding steroid dienone is 2. The maximum atomic E-state index is 11.7. The fourth-order valence-electron chi connectivity index (χ4n) is 2.32. The third-order valence-electron chi connectivity index (χ3n) is 3.05. The Kier molecular flexibility index (Phi) is 5.38. The molecule has 0 atom stereocenters. The highest BCUT2D eigenvalue weighted by molar-refractivity contribution is 9.10. The summed E-state index contributed by atoms with van der Waals surface area (Å²) >= 11 is 3.34. The van der Waals surface area contributed by atoms with Crippen molar-refractivity contribution in [2.45, 2.75) is 26.7 Å². The molecule has 0 saturated carbocycles. The monoisotopic (exact) mass is 354 g/mol. The molecule has 106 valence electrons. The minimum absolute atomic E-state index is 0. The summed E-state index contributed by atoms with van der Waals surface area (Å²) in [5, 5.41) is 12.3. The van der Waals surface area contributed by atoms with E-state index in [0.29, 0.717) is 12.0 Å². The number of hydrogen-bond acceptors (Lipinski definition) is 3. The number of nitrogens with zero attached hydrogens (tertiary/aromatic N) is 1. The number of carbonyl (C=O) groups is 1. The number of ketones is 1. The van der Waals surface area contributed by atoms with Gasteiger partial charge in [0, 0.05) is 22.7 Å². The van der Waals surface area contributed by atoms with Gasteiger partial charge in [0.25, 0.3) is 0 Å². The number of rotatable bonds is 2. The Hall–Kier alpha value is -1.31. The molecule has 1 aromatic rings. The molecule has 0 radical (unpaired) electrons. The van der Waals surface area contributed by atoms with E-state index < -0.39 is 0 Å². The highest BCUT2D eigenvalue weighted by Gasteiger charge is 2.27. The molecule has 0 amide bonds. The first-order valence-corrected chi connectivity index (χ1v) is 6.89. The van der Waals surface area contributed by atoms with Crippen molar-refractivity contribution in [3.8, 4) is 6.07 Å². The van der Waals surface area contributed by atoms with Crippen LogP contribution in [-0.2, 0) is 4.79 Å². The Balaban J connectivity index is 0.00000200. The van der Waals surface area contributed by atoms with Crippen LogP contribution in [0.15, 0.2) is 34.4 Å². The molecule has 1 aliphatic rings. The molecule has 1 aromatic carbocycles. The van der Waals surface area contributed by atoms with E-state index in [4.69, 9.17) is 5.26 Å². The summed E-state index contributed by atoms with van der Waals surface area (Å²) in [6.45, 7) is 4.15. The van der Waals surface area contributed by atoms with Crippen LogP contribution in [0, 0.1) is 16.7 Å². The zero-order chi connectivity index (χ0) is 14.0. The molecule has 0 bridgehead atoms. The van der Waals surface area contributed by atoms with Crippen LogP contribution in [0.4, 0.5) is 5.69 Å². The molecule has 0 heterocycles. The van der Waals surface area contributed by atoms with Gasteiger partial charge in [-0.2, -0.15) is 5.26 Å². The normalized spacial score (nSPS) is 16.7. The molecule has 0 aromatic heterocycles. The second-order valence-electron chi connectivity index (χ2n) is 5.58. The molecule has 0 fully saturated rings. The van der Waals surface area contributed by atoms with Crippen molar-refractivity contribution in [3.63, 3.8) is 0 Å². The van der Waals surface area contributed by atoms with Gasteiger partial charge >= 0.3 is 0 Å². The van der Waals surface area contributed by atoms with Crippen molar-refractivity contribution >= 4 is 39.8 Å². The summed E-state index contributed by atoms with van der Waals surface area (Å²) in [6, 6.07) is 7.63. The molecule has 0 spiro atoms. The van der Waals surface area contributed by atoms with Crippen molar-refractivity contribution in [1.29, 1.82) is 5.26 Å². The van der Waals surface area contributed by atoms with Crippen LogP contribution in [0.2, 0.25) is 0 Å². The van der Waals surface area contributed by atoms with E-state index >= 15 is 0 Å². The van der Waals surface area contributed by atoms with E-state index in [-0.39, 0.29) is 23.6 Å². The second-order valence-corrected chi connectivity index (χ2v) is 6.50. The Morgan fingerprint density at radius 2 is 2.05 bits per heavy atom. The number of nitriles is 1. The first kappa shape index (κ1) is 16.7. The fraction of sp³-hybridized carbons (Fsp3) is 0.333. The van der Waals surface area contributed by atoms with E-state index in [1.165, 1.54) is 0 Å². The van der Waals surface area contributed by atoms with Crippen LogP contribution in [0.1, 0.15) is 32.3 Å². The molecule has 3 nitrogen and oxygen atoms in total. The molecule has 2 rings (SSSR count). The summed E-state index contributed by atoms with van der Waals surface area (Å²) in [4.78, 5) is 11.7. The van der Waals surface area contributed by atoms with E-state index in [0.717, 1.165) is 22.3 Å². The van der Waals surface area contributed by atoms with Gasteiger partial charge in [0.2, 0.25) is 0 Å². The van der Waals surface area contributed by atoms with Crippen LogP contribution in [0.5, 0.6) is 0 Å². The third-order valence-corrected chi connectivity index (χ3v) is 3.55. The minimum Gasteiger partial charge on any atom is -0.358 e. The summed E-state index contributed by atoms with van der Waals surface area (Å²) in [5.41, 5.74) is 2.14. The highest BCUT2D eigenvalue weighted by Crippen LogP contribution is 2.34. The molecule has 0 unspecified atom stereocenters. The predicted molar refractivity (Wildman–Crippen MR) is 85.8 cm³/mol. The minimum atomic E-state index is -0.0314. The van der Waals surface area contributed by atoms with E-state index in [1.807, 2.05) is 12.1 Å². The zero-order valence-electron chi connectivity index (χ0n) is 11.4. The predicted octanol–water partition coefficient (Wildman–Crippen LogP) is 4.43. The smallest absolute Gasteiger partial charge is 0.157 e. The first-order chi connectivity index (χ1) is 8.89. The fourth-order valence-corrected chi connectivity index (χ4v) is 2.68. The Bertz CT molecular complexity index is 602. The first-order valence-electron chi connectivity index (χ1n) is 6.10. The van der Waals surface area contributed by atoms with Crippen LogP contribution >= 0.6 is 28.3 Å². The molecule has 1 aliphatic carbocycles. The van der Waals surface area contributed by atoms with E-state index in [1.54, 1.807) is 12.1 Å². The van der Waals surface area contributed by atoms with Crippen molar-refractivity contribution in [2.24, 2.45) is 5.41 Å². The zero-order valence-corrected chi connectivity index (χ0v) is 13.8. The quantitative estimate of drug-likeness (QED) is 0.854. The Morgan fingerprint density at radius 3 is 2.65 bits per heavy atom. The summed E-state index contributed by atoms with van der Waals surface area (Å²) in [7, 11) is 0. The number of anilines is 1. The topological polar surface area (TPSA) is 52.9 Å². The van der Waals surface area contributed by atoms with Crippen molar-refractivity contribution in [2.75, 3.05) is 5.32 Å². The lowest BCUT2D eigenvalue weighted by Gasteiger charge is -2.29. The Labute approximate surface area is 133 Å². The molecular weight excluding hydrogens is 340 g/mol. The molecule has 0 aliphatic heterocycles. The lowest BCUT2D eigenvalue weighted by atomic mass is 9.79. The van der Waals surface area contributed by atoms with Gasteiger partial charge in [-0.25, -0.2) is 0 Å². The average Bonchev–Trinajstić information content (AvgIpc) is 2.28. The van der Waals surface area contributed by atoms with Crippen molar-refractivity contribution < 1.29 is 4.79 Å². The summed E-state index contributed by atoms with van der Waals surface area (Å²) < 4.78 is 0.864. The molecule has 0 saturated heterocycles. The number of benzene rings is 1. The van der Waals surface area contributed by atoms with Gasteiger partial charge in [-0.05, 0) is 30.0 Å². The van der Waals surface area contributed by atoms with Gasteiger partial charge in [0.1, 0.15) is 6.07 Å². The summed E-state index contributed by atoms with van der Waals surface area (Å²) in [5.74, 6) is 0.134. The van der Waals surface area contributed by atoms with E-state index in [2.05, 4.69) is 41.2 Å². The maximum absolute atomic E-state index is 11.7. The van der Waals surface area contributed by atoms with Gasteiger partial charge in [0.05, 0.1) is 11.3 Å². The van der Waals surface area contributed by atoms with Crippen molar-refractivity contribution in [1.82, 2.24) is 0 Å². The van der Waals surface area contributed by atoms with Gasteiger partial charge in [0.15, 0.2) is 5.78 Å². The average molecular weight is 356 g/mol. The van der Waals surface area contributed by atoms with Gasteiger partial charge in [-0.15, -0.1) is 12.4 Å². The van der Waals surface area contributed by atoms with E-state index in [9.17, 15) is 4.79 Å². The highest BCUT2D eigenvalue weighted by atomic mass is 79.9. The summed E-state index contributed by atoms with van der Waals surface area (Å²) in [6.07, 6.45) is 3.03. The van der Waals surface area contributed by atoms with Gasteiger partial charge < -0.3 is 5.32 Å². The lowest BCUT2D eigenvalue weighted by molar-refractivity contribution is -0.117. The Morgan fingerprint density at radius 1 is 1.35 bits per heavy atom. The molecule has 20 heavy (non-hydrogen) atoms. The van der Waals surface area contributed by atoms with Crippen LogP contribution in [0.25, 0.3) is 0 Å². The second kappa shape index (κ2) is 6.43.